The highest BCUT2D eigenvalue weighted by Gasteiger charge is 2.08. The fraction of sp³-hybridized carbons (Fsp3) is 0.333. The first-order valence-electron chi connectivity index (χ1n) is 4.80. The largest absolute Gasteiger partial charge is 0.465 e. The van der Waals surface area contributed by atoms with Crippen LogP contribution in [0.3, 0.4) is 0 Å². The highest BCUT2D eigenvalue weighted by Crippen LogP contribution is 2.13. The fourth-order valence-corrected chi connectivity index (χ4v) is 1.45. The summed E-state index contributed by atoms with van der Waals surface area (Å²) in [5.74, 6) is -0.325. The maximum absolute atomic E-state index is 11.3. The Kier molecular flexibility index (Phi) is 4.03. The van der Waals surface area contributed by atoms with Crippen LogP contribution in [0.1, 0.15) is 27.9 Å². The van der Waals surface area contributed by atoms with Gasteiger partial charge in [-0.15, -0.1) is 0 Å². The molecular weight excluding hydrogens is 192 g/mol. The van der Waals surface area contributed by atoms with Crippen molar-refractivity contribution in [2.75, 3.05) is 7.11 Å². The van der Waals surface area contributed by atoms with Crippen LogP contribution in [-0.4, -0.2) is 19.4 Å². The summed E-state index contributed by atoms with van der Waals surface area (Å²) in [6, 6.07) is 5.50. The van der Waals surface area contributed by atoms with Gasteiger partial charge in [-0.3, -0.25) is 0 Å². The molecule has 0 saturated carbocycles. The number of aldehydes is 1. The first-order valence-corrected chi connectivity index (χ1v) is 4.80. The molecule has 1 aromatic carbocycles. The van der Waals surface area contributed by atoms with E-state index in [1.54, 1.807) is 6.07 Å². The summed E-state index contributed by atoms with van der Waals surface area (Å²) in [7, 11) is 1.36. The number of carbonyl (C=O) groups excluding carboxylic acids is 2. The lowest BCUT2D eigenvalue weighted by Gasteiger charge is -2.05. The summed E-state index contributed by atoms with van der Waals surface area (Å²) in [6.45, 7) is 1.86. The Hall–Kier alpha value is -1.64. The van der Waals surface area contributed by atoms with Crippen molar-refractivity contribution in [1.82, 2.24) is 0 Å². The van der Waals surface area contributed by atoms with Crippen LogP contribution in [0, 0.1) is 6.92 Å². The first kappa shape index (κ1) is 11.4. The van der Waals surface area contributed by atoms with Crippen LogP contribution in [0.2, 0.25) is 0 Å². The SMILES string of the molecule is COC(=O)c1ccc(CCC=O)cc1C. The standard InChI is InChI=1S/C12H14O3/c1-9-8-10(4-3-7-13)5-6-11(9)12(14)15-2/h5-8H,3-4H2,1-2H3. The topological polar surface area (TPSA) is 43.4 Å². The third-order valence-electron chi connectivity index (χ3n) is 2.25. The van der Waals surface area contributed by atoms with Gasteiger partial charge in [0, 0.05) is 6.42 Å². The second kappa shape index (κ2) is 5.29. The van der Waals surface area contributed by atoms with Gasteiger partial charge in [-0.1, -0.05) is 12.1 Å². The van der Waals surface area contributed by atoms with Crippen LogP contribution in [0.25, 0.3) is 0 Å². The molecular formula is C12H14O3. The van der Waals surface area contributed by atoms with Gasteiger partial charge in [0.05, 0.1) is 12.7 Å². The molecule has 3 nitrogen and oxygen atoms in total. The second-order valence-corrected chi connectivity index (χ2v) is 3.35. The van der Waals surface area contributed by atoms with Crippen LogP contribution < -0.4 is 0 Å². The summed E-state index contributed by atoms with van der Waals surface area (Å²) >= 11 is 0. The summed E-state index contributed by atoms with van der Waals surface area (Å²) in [5, 5.41) is 0. The Labute approximate surface area is 89.1 Å². The van der Waals surface area contributed by atoms with E-state index in [0.717, 1.165) is 17.4 Å². The molecule has 0 aromatic heterocycles. The molecule has 0 atom stereocenters. The Balaban J connectivity index is 2.87. The van der Waals surface area contributed by atoms with E-state index < -0.39 is 0 Å². The predicted molar refractivity (Wildman–Crippen MR) is 56.9 cm³/mol. The Bertz CT molecular complexity index is 369. The maximum atomic E-state index is 11.3. The Morgan fingerprint density at radius 3 is 2.73 bits per heavy atom. The van der Waals surface area contributed by atoms with Crippen molar-refractivity contribution in [2.45, 2.75) is 19.8 Å². The molecule has 0 N–H and O–H groups in total. The average molecular weight is 206 g/mol. The van der Waals surface area contributed by atoms with E-state index >= 15 is 0 Å². The molecule has 0 aliphatic carbocycles. The minimum absolute atomic E-state index is 0.325. The molecule has 0 amide bonds. The van der Waals surface area contributed by atoms with Crippen LogP contribution >= 0.6 is 0 Å². The lowest BCUT2D eigenvalue weighted by atomic mass is 10.0. The summed E-state index contributed by atoms with van der Waals surface area (Å²) in [6.07, 6.45) is 2.12. The molecule has 0 saturated heterocycles. The number of carbonyl (C=O) groups is 2. The molecule has 80 valence electrons. The first-order chi connectivity index (χ1) is 7.19. The zero-order valence-electron chi connectivity index (χ0n) is 8.95. The van der Waals surface area contributed by atoms with Gasteiger partial charge in [0.2, 0.25) is 0 Å². The molecule has 0 bridgehead atoms. The van der Waals surface area contributed by atoms with Gasteiger partial charge in [0.15, 0.2) is 0 Å². The van der Waals surface area contributed by atoms with Crippen molar-refractivity contribution in [2.24, 2.45) is 0 Å². The molecule has 0 fully saturated rings. The van der Waals surface area contributed by atoms with Crippen LogP contribution in [0.4, 0.5) is 0 Å². The van der Waals surface area contributed by atoms with Gasteiger partial charge in [-0.05, 0) is 30.5 Å². The number of benzene rings is 1. The number of hydrogen-bond donors (Lipinski definition) is 0. The van der Waals surface area contributed by atoms with Gasteiger partial charge in [-0.25, -0.2) is 4.79 Å². The quantitative estimate of drug-likeness (QED) is 0.558. The maximum Gasteiger partial charge on any atom is 0.338 e. The molecule has 3 heteroatoms. The average Bonchev–Trinajstić information content (AvgIpc) is 2.25. The van der Waals surface area contributed by atoms with Crippen molar-refractivity contribution in [3.63, 3.8) is 0 Å². The number of esters is 1. The number of rotatable bonds is 4. The molecule has 0 unspecified atom stereocenters. The van der Waals surface area contributed by atoms with E-state index in [9.17, 15) is 9.59 Å². The second-order valence-electron chi connectivity index (χ2n) is 3.35. The van der Waals surface area contributed by atoms with E-state index in [1.807, 2.05) is 19.1 Å². The molecule has 0 heterocycles. The Morgan fingerprint density at radius 1 is 1.47 bits per heavy atom. The lowest BCUT2D eigenvalue weighted by Crippen LogP contribution is -2.04. The predicted octanol–water partition coefficient (Wildman–Crippen LogP) is 1.91. The van der Waals surface area contributed by atoms with Crippen molar-refractivity contribution in [3.8, 4) is 0 Å². The molecule has 15 heavy (non-hydrogen) atoms. The minimum atomic E-state index is -0.325. The Morgan fingerprint density at radius 2 is 2.20 bits per heavy atom. The zero-order chi connectivity index (χ0) is 11.3. The smallest absolute Gasteiger partial charge is 0.338 e. The van der Waals surface area contributed by atoms with Gasteiger partial charge in [0.1, 0.15) is 6.29 Å². The van der Waals surface area contributed by atoms with Gasteiger partial charge in [-0.2, -0.15) is 0 Å². The highest BCUT2D eigenvalue weighted by atomic mass is 16.5. The van der Waals surface area contributed by atoms with E-state index in [0.29, 0.717) is 18.4 Å². The molecule has 0 aliphatic heterocycles. The number of aryl methyl sites for hydroxylation is 2. The van der Waals surface area contributed by atoms with Crippen LogP contribution in [-0.2, 0) is 16.0 Å². The number of methoxy groups -OCH3 is 1. The molecule has 0 aliphatic rings. The molecule has 0 spiro atoms. The summed E-state index contributed by atoms with van der Waals surface area (Å²) in [5.41, 5.74) is 2.52. The third kappa shape index (κ3) is 2.91. The number of hydrogen-bond acceptors (Lipinski definition) is 3. The fourth-order valence-electron chi connectivity index (χ4n) is 1.45. The monoisotopic (exact) mass is 206 g/mol. The molecule has 1 rings (SSSR count). The van der Waals surface area contributed by atoms with Crippen molar-refractivity contribution >= 4 is 12.3 Å². The van der Waals surface area contributed by atoms with Gasteiger partial charge >= 0.3 is 5.97 Å². The number of ether oxygens (including phenoxy) is 1. The normalized spacial score (nSPS) is 9.73. The molecule has 1 aromatic rings. The van der Waals surface area contributed by atoms with Gasteiger partial charge < -0.3 is 9.53 Å². The van der Waals surface area contributed by atoms with E-state index in [1.165, 1.54) is 7.11 Å². The third-order valence-corrected chi connectivity index (χ3v) is 2.25. The minimum Gasteiger partial charge on any atom is -0.465 e. The lowest BCUT2D eigenvalue weighted by molar-refractivity contribution is -0.107. The van der Waals surface area contributed by atoms with Crippen molar-refractivity contribution in [3.05, 3.63) is 34.9 Å². The summed E-state index contributed by atoms with van der Waals surface area (Å²) < 4.78 is 4.64. The summed E-state index contributed by atoms with van der Waals surface area (Å²) in [4.78, 5) is 21.5. The van der Waals surface area contributed by atoms with Gasteiger partial charge in [0.25, 0.3) is 0 Å². The van der Waals surface area contributed by atoms with Crippen LogP contribution in [0.15, 0.2) is 18.2 Å². The van der Waals surface area contributed by atoms with Crippen molar-refractivity contribution < 1.29 is 14.3 Å². The zero-order valence-corrected chi connectivity index (χ0v) is 8.95. The van der Waals surface area contributed by atoms with E-state index in [2.05, 4.69) is 4.74 Å². The van der Waals surface area contributed by atoms with E-state index in [4.69, 9.17) is 0 Å². The highest BCUT2D eigenvalue weighted by molar-refractivity contribution is 5.90. The van der Waals surface area contributed by atoms with Crippen molar-refractivity contribution in [1.29, 1.82) is 0 Å². The van der Waals surface area contributed by atoms with E-state index in [-0.39, 0.29) is 5.97 Å². The molecule has 0 radical (unpaired) electrons. The van der Waals surface area contributed by atoms with Crippen LogP contribution in [0.5, 0.6) is 0 Å².